The number of pyridine rings is 2. The van der Waals surface area contributed by atoms with Crippen molar-refractivity contribution in [3.05, 3.63) is 127 Å². The summed E-state index contributed by atoms with van der Waals surface area (Å²) in [6, 6.07) is 38.0. The van der Waals surface area contributed by atoms with Gasteiger partial charge in [0.25, 0.3) is 0 Å². The molecule has 1 radical (unpaired) electrons. The van der Waals surface area contributed by atoms with Gasteiger partial charge in [-0.05, 0) is 56.3 Å². The van der Waals surface area contributed by atoms with Crippen LogP contribution in [0.3, 0.4) is 0 Å². The largest absolute Gasteiger partial charge is 0.305 e. The Morgan fingerprint density at radius 2 is 1.57 bits per heavy atom. The molecule has 7 aromatic rings. The molecule has 0 atom stereocenters. The molecule has 0 spiro atoms. The zero-order valence-electron chi connectivity index (χ0n) is 27.0. The second-order valence-corrected chi connectivity index (χ2v) is 18.4. The summed E-state index contributed by atoms with van der Waals surface area (Å²) in [6.45, 7) is 13.0. The fourth-order valence-corrected chi connectivity index (χ4v) is 7.62. The van der Waals surface area contributed by atoms with Gasteiger partial charge in [-0.2, -0.15) is 11.3 Å². The van der Waals surface area contributed by atoms with Gasteiger partial charge in [-0.1, -0.05) is 98.5 Å². The topological polar surface area (TPSA) is 25.8 Å². The molecule has 0 aliphatic rings. The summed E-state index contributed by atoms with van der Waals surface area (Å²) in [5.74, 6) is -0.653. The van der Waals surface area contributed by atoms with E-state index in [0.717, 1.165) is 28.1 Å². The quantitative estimate of drug-likeness (QED) is 0.131. The normalized spacial score (nSPS) is 12.0. The predicted molar refractivity (Wildman–Crippen MR) is 189 cm³/mol. The molecule has 44 heavy (non-hydrogen) atoms. The minimum Gasteiger partial charge on any atom is -0.305 e. The number of hydrogen-bond acceptors (Lipinski definition) is 3. The zero-order chi connectivity index (χ0) is 31.1. The van der Waals surface area contributed by atoms with E-state index in [2.05, 4.69) is 97.2 Å². The number of fused-ring (bicyclic) bond motifs is 5. The molecule has 7 rings (SSSR count). The van der Waals surface area contributed by atoms with Crippen LogP contribution >= 0.6 is 11.3 Å². The number of hydrogen-bond donors (Lipinski definition) is 0. The van der Waals surface area contributed by atoms with Crippen LogP contribution in [0.4, 0.5) is 0 Å². The summed E-state index contributed by atoms with van der Waals surface area (Å²) in [5.41, 5.74) is 6.20. The first kappa shape index (κ1) is 30.5. The molecular weight excluding hydrogens is 749 g/mol. The van der Waals surface area contributed by atoms with E-state index in [1.165, 1.54) is 41.7 Å². The molecule has 2 nitrogen and oxygen atoms in total. The molecule has 0 saturated heterocycles. The molecule has 0 unspecified atom stereocenters. The number of aryl methyl sites for hydroxylation is 1. The van der Waals surface area contributed by atoms with Crippen molar-refractivity contribution in [2.45, 2.75) is 46.3 Å². The zero-order valence-corrected chi connectivity index (χ0v) is 30.2. The fourth-order valence-electron chi connectivity index (χ4n) is 5.25. The van der Waals surface area contributed by atoms with Gasteiger partial charge >= 0.3 is 0 Å². The molecular formula is C39H36IrN2SSi-2. The summed E-state index contributed by atoms with van der Waals surface area (Å²) in [6.07, 6.45) is 3.82. The third-order valence-corrected chi connectivity index (χ3v) is 11.1. The first-order valence-corrected chi connectivity index (χ1v) is 19.0. The molecule has 0 fully saturated rings. The van der Waals surface area contributed by atoms with E-state index in [0.29, 0.717) is 0 Å². The molecule has 0 aliphatic carbocycles. The van der Waals surface area contributed by atoms with Gasteiger partial charge in [0.1, 0.15) is 0 Å². The van der Waals surface area contributed by atoms with Crippen molar-refractivity contribution in [2.24, 2.45) is 0 Å². The first-order valence-electron chi connectivity index (χ1n) is 15.2. The third-order valence-electron chi connectivity index (χ3n) is 7.78. The van der Waals surface area contributed by atoms with E-state index in [1.807, 2.05) is 73.8 Å². The summed E-state index contributed by atoms with van der Waals surface area (Å²) in [4.78, 5) is 9.13. The Morgan fingerprint density at radius 1 is 0.773 bits per heavy atom. The minimum absolute atomic E-state index is 0. The van der Waals surface area contributed by atoms with Crippen molar-refractivity contribution in [3.63, 3.8) is 0 Å². The van der Waals surface area contributed by atoms with Crippen LogP contribution in [0, 0.1) is 19.1 Å². The number of benzene rings is 4. The molecule has 3 aromatic heterocycles. The van der Waals surface area contributed by atoms with Gasteiger partial charge in [0.15, 0.2) is 0 Å². The van der Waals surface area contributed by atoms with Crippen molar-refractivity contribution in [3.8, 4) is 22.5 Å². The molecule has 0 aliphatic heterocycles. The number of thiophene rings is 1. The van der Waals surface area contributed by atoms with E-state index in [9.17, 15) is 0 Å². The van der Waals surface area contributed by atoms with Crippen molar-refractivity contribution >= 4 is 55.5 Å². The monoisotopic (exact) mass is 786 g/mol. The molecule has 0 saturated carbocycles. The van der Waals surface area contributed by atoms with Crippen LogP contribution in [0.5, 0.6) is 0 Å². The van der Waals surface area contributed by atoms with Gasteiger partial charge in [-0.25, -0.2) is 0 Å². The van der Waals surface area contributed by atoms with Crippen LogP contribution in [-0.4, -0.2) is 18.0 Å². The molecule has 0 N–H and O–H groups in total. The van der Waals surface area contributed by atoms with Crippen LogP contribution in [0.1, 0.15) is 32.2 Å². The van der Waals surface area contributed by atoms with E-state index < -0.39 is 14.0 Å². The Balaban J connectivity index is 0.000000202. The summed E-state index contributed by atoms with van der Waals surface area (Å²) >= 11 is 1.82. The maximum atomic E-state index is 8.36. The molecule has 0 amide bonds. The number of rotatable bonds is 4. The minimum atomic E-state index is -1.23. The first-order chi connectivity index (χ1) is 21.0. The number of aromatic nitrogens is 2. The predicted octanol–water partition coefficient (Wildman–Crippen LogP) is 10.6. The Morgan fingerprint density at radius 3 is 2.27 bits per heavy atom. The maximum absolute atomic E-state index is 8.36. The van der Waals surface area contributed by atoms with Crippen LogP contribution in [0.2, 0.25) is 19.6 Å². The molecule has 0 bridgehead atoms. The van der Waals surface area contributed by atoms with E-state index in [-0.39, 0.29) is 20.1 Å². The molecule has 4 aromatic carbocycles. The van der Waals surface area contributed by atoms with Gasteiger partial charge in [0.2, 0.25) is 0 Å². The van der Waals surface area contributed by atoms with Crippen LogP contribution < -0.4 is 5.19 Å². The molecule has 3 heterocycles. The van der Waals surface area contributed by atoms with Crippen LogP contribution in [-0.2, 0) is 20.1 Å². The second kappa shape index (κ2) is 13.3. The average molecular weight is 786 g/mol. The van der Waals surface area contributed by atoms with E-state index >= 15 is 0 Å². The van der Waals surface area contributed by atoms with E-state index in [4.69, 9.17) is 1.37 Å². The smallest absolute Gasteiger partial charge is 0.0795 e. The van der Waals surface area contributed by atoms with Gasteiger partial charge in [-0.15, -0.1) is 59.7 Å². The maximum Gasteiger partial charge on any atom is 0.0795 e. The van der Waals surface area contributed by atoms with Crippen molar-refractivity contribution < 1.29 is 21.5 Å². The van der Waals surface area contributed by atoms with Crippen molar-refractivity contribution in [1.82, 2.24) is 9.97 Å². The van der Waals surface area contributed by atoms with Gasteiger partial charge < -0.3 is 9.97 Å². The Hall–Kier alpha value is -3.47. The van der Waals surface area contributed by atoms with Gasteiger partial charge in [0.05, 0.1) is 8.07 Å². The van der Waals surface area contributed by atoms with Crippen molar-refractivity contribution in [1.29, 1.82) is 0 Å². The van der Waals surface area contributed by atoms with Gasteiger partial charge in [0, 0.05) is 38.6 Å². The van der Waals surface area contributed by atoms with Gasteiger partial charge in [-0.3, -0.25) is 0 Å². The second-order valence-electron chi connectivity index (χ2n) is 12.3. The Bertz CT molecular complexity index is 2090. The Labute approximate surface area is 281 Å². The standard InChI is InChI=1S/C25H20NS.C14H16NSi.Ir/c1-15(2)18-11-12-26-23(14-18)21-6-4-5-19-20-10-9-17-8-7-16(3)13-22(17)25(20)27-24(19)21;1-16(2,3)13-9-10-14(15-11-13)12-7-5-4-6-8-12;/h4-5,7-15H,1-3H3;4-7,9-11H,1-3H3;/q2*-1;/i15D;;. The summed E-state index contributed by atoms with van der Waals surface area (Å²) < 4.78 is 10.9. The summed E-state index contributed by atoms with van der Waals surface area (Å²) in [7, 11) is -1.23. The average Bonchev–Trinajstić information content (AvgIpc) is 3.41. The SMILES string of the molecule is C[Si](C)(C)c1ccc(-c2[c-]cccc2)nc1.[2H]C(C)(C)c1ccnc(-c2[c-]ccc3c2sc2c4cc(C)ccc4ccc32)c1.[Ir]. The third kappa shape index (κ3) is 6.62. The molecule has 223 valence electrons. The van der Waals surface area contributed by atoms with Crippen LogP contribution in [0.25, 0.3) is 53.5 Å². The summed E-state index contributed by atoms with van der Waals surface area (Å²) in [5, 5.41) is 6.50. The Kier molecular flexibility index (Phi) is 9.20. The van der Waals surface area contributed by atoms with E-state index in [1.54, 1.807) is 6.20 Å². The van der Waals surface area contributed by atoms with Crippen molar-refractivity contribution in [2.75, 3.05) is 0 Å². The number of nitrogens with zero attached hydrogens (tertiary/aromatic N) is 2. The van der Waals surface area contributed by atoms with Crippen LogP contribution in [0.15, 0.2) is 103 Å². The molecule has 5 heteroatoms. The fraction of sp³-hybridized carbons (Fsp3) is 0.179.